The van der Waals surface area contributed by atoms with E-state index in [0.717, 1.165) is 4.90 Å². The Hall–Kier alpha value is -4.15. The molecule has 3 rings (SSSR count). The van der Waals surface area contributed by atoms with Crippen molar-refractivity contribution in [2.75, 3.05) is 36.3 Å². The Morgan fingerprint density at radius 2 is 1.82 bits per heavy atom. The van der Waals surface area contributed by atoms with Gasteiger partial charge in [0.1, 0.15) is 0 Å². The number of phenolic OH excluding ortho intramolecular Hbond substituents is 1. The fourth-order valence-corrected chi connectivity index (χ4v) is 4.36. The molecule has 0 fully saturated rings. The summed E-state index contributed by atoms with van der Waals surface area (Å²) in [5.74, 6) is -0.110. The van der Waals surface area contributed by atoms with Gasteiger partial charge in [0.15, 0.2) is 17.6 Å². The third-order valence-electron chi connectivity index (χ3n) is 5.93. The van der Waals surface area contributed by atoms with Crippen LogP contribution in [-0.2, 0) is 14.3 Å². The number of amides is 2. The number of aromatic hydroxyl groups is 1. The van der Waals surface area contributed by atoms with E-state index in [-0.39, 0.29) is 11.7 Å². The molecule has 212 valence electrons. The van der Waals surface area contributed by atoms with E-state index in [9.17, 15) is 14.7 Å². The van der Waals surface area contributed by atoms with Crippen molar-refractivity contribution < 1.29 is 28.9 Å². The van der Waals surface area contributed by atoms with Crippen LogP contribution in [0.15, 0.2) is 83.8 Å². The number of nitrogens with one attached hydrogen (secondary N) is 2. The normalized spacial score (nSPS) is 12.5. The number of benzene rings is 3. The molecule has 0 radical (unpaired) electrons. The van der Waals surface area contributed by atoms with E-state index in [4.69, 9.17) is 19.9 Å². The van der Waals surface area contributed by atoms with Gasteiger partial charge in [-0.25, -0.2) is 4.79 Å². The standard InChI is InChI=1S/C30H35N3O6S/c1-4-38-27(11-7-8-12-28(35)33-24-10-6-5-9-23(24)31)29(20-13-18-26(37-2)25(34)19-20)39-30(36)32-21-14-16-22(40-3)17-15-21/h5-6,8-10,12-19,27,29,34H,4,7,11,31H2,1-3H3,(H,32,36)(H,33,35)/b12-8+/t27-,29-/m1/s1. The Morgan fingerprint density at radius 3 is 2.48 bits per heavy atom. The molecule has 0 saturated heterocycles. The van der Waals surface area contributed by atoms with Gasteiger partial charge in [-0.3, -0.25) is 10.1 Å². The molecule has 3 aromatic carbocycles. The molecule has 0 aromatic heterocycles. The van der Waals surface area contributed by atoms with Crippen LogP contribution in [0.5, 0.6) is 11.5 Å². The van der Waals surface area contributed by atoms with Crippen molar-refractivity contribution >= 4 is 40.8 Å². The van der Waals surface area contributed by atoms with Gasteiger partial charge in [-0.05, 0) is 86.2 Å². The maximum Gasteiger partial charge on any atom is 0.412 e. The highest BCUT2D eigenvalue weighted by atomic mass is 32.2. The molecule has 10 heteroatoms. The lowest BCUT2D eigenvalue weighted by Gasteiger charge is -2.27. The lowest BCUT2D eigenvalue weighted by atomic mass is 9.99. The third kappa shape index (κ3) is 8.96. The van der Waals surface area contributed by atoms with Crippen molar-refractivity contribution in [3.05, 3.63) is 84.4 Å². The number of methoxy groups -OCH3 is 1. The third-order valence-corrected chi connectivity index (χ3v) is 6.67. The SMILES string of the molecule is CCO[C@H](CC/C=C/C(=O)Nc1ccccc1N)[C@H](OC(=O)Nc1ccc(SC)cc1)c1ccc(OC)c(O)c1. The van der Waals surface area contributed by atoms with Gasteiger partial charge < -0.3 is 30.4 Å². The Bertz CT molecular complexity index is 1300. The van der Waals surface area contributed by atoms with Crippen molar-refractivity contribution in [2.45, 2.75) is 36.9 Å². The van der Waals surface area contributed by atoms with E-state index in [1.807, 2.05) is 25.3 Å². The zero-order valence-electron chi connectivity index (χ0n) is 22.8. The van der Waals surface area contributed by atoms with Crippen LogP contribution in [0, 0.1) is 0 Å². The van der Waals surface area contributed by atoms with E-state index in [0.29, 0.717) is 47.8 Å². The zero-order valence-corrected chi connectivity index (χ0v) is 23.6. The first-order valence-corrected chi connectivity index (χ1v) is 14.0. The number of ether oxygens (including phenoxy) is 3. The van der Waals surface area contributed by atoms with Gasteiger partial charge in [-0.1, -0.05) is 24.3 Å². The van der Waals surface area contributed by atoms with Crippen LogP contribution in [0.2, 0.25) is 0 Å². The van der Waals surface area contributed by atoms with Crippen molar-refractivity contribution in [1.29, 1.82) is 0 Å². The number of nitrogens with two attached hydrogens (primary N) is 1. The summed E-state index contributed by atoms with van der Waals surface area (Å²) in [6.07, 6.45) is 3.91. The summed E-state index contributed by atoms with van der Waals surface area (Å²) >= 11 is 1.60. The number of nitrogen functional groups attached to an aromatic ring is 1. The first-order chi connectivity index (χ1) is 19.3. The van der Waals surface area contributed by atoms with Crippen molar-refractivity contribution in [3.8, 4) is 11.5 Å². The number of anilines is 3. The molecule has 0 saturated carbocycles. The van der Waals surface area contributed by atoms with Gasteiger partial charge >= 0.3 is 6.09 Å². The van der Waals surface area contributed by atoms with Gasteiger partial charge in [0, 0.05) is 17.2 Å². The molecular weight excluding hydrogens is 530 g/mol. The quantitative estimate of drug-likeness (QED) is 0.107. The molecule has 0 aliphatic rings. The van der Waals surface area contributed by atoms with Gasteiger partial charge in [0.05, 0.1) is 24.6 Å². The fraction of sp³-hybridized carbons (Fsp3) is 0.267. The highest BCUT2D eigenvalue weighted by Gasteiger charge is 2.28. The van der Waals surface area contributed by atoms with Crippen molar-refractivity contribution in [1.82, 2.24) is 0 Å². The van der Waals surface area contributed by atoms with Crippen LogP contribution < -0.4 is 21.1 Å². The second-order valence-electron chi connectivity index (χ2n) is 8.66. The molecule has 0 unspecified atom stereocenters. The molecule has 0 heterocycles. The number of carbonyl (C=O) groups excluding carboxylic acids is 2. The summed E-state index contributed by atoms with van der Waals surface area (Å²) in [5.41, 5.74) is 8.01. The second-order valence-corrected chi connectivity index (χ2v) is 9.54. The minimum absolute atomic E-state index is 0.0892. The number of rotatable bonds is 13. The molecule has 0 aliphatic carbocycles. The molecule has 40 heavy (non-hydrogen) atoms. The number of hydrogen-bond acceptors (Lipinski definition) is 8. The highest BCUT2D eigenvalue weighted by Crippen LogP contribution is 2.34. The fourth-order valence-electron chi connectivity index (χ4n) is 3.95. The Balaban J connectivity index is 1.74. The molecule has 9 nitrogen and oxygen atoms in total. The molecule has 0 spiro atoms. The summed E-state index contributed by atoms with van der Waals surface area (Å²) in [6.45, 7) is 2.21. The van der Waals surface area contributed by atoms with Crippen LogP contribution in [0.25, 0.3) is 0 Å². The molecule has 3 aromatic rings. The lowest BCUT2D eigenvalue weighted by Crippen LogP contribution is -2.29. The topological polar surface area (TPSA) is 132 Å². The van der Waals surface area contributed by atoms with E-state index in [1.165, 1.54) is 19.3 Å². The number of para-hydroxylation sites is 2. The van der Waals surface area contributed by atoms with E-state index in [2.05, 4.69) is 10.6 Å². The minimum Gasteiger partial charge on any atom is -0.504 e. The first kappa shape index (κ1) is 30.4. The summed E-state index contributed by atoms with van der Waals surface area (Å²) in [5, 5.41) is 15.9. The van der Waals surface area contributed by atoms with Gasteiger partial charge in [-0.2, -0.15) is 0 Å². The average Bonchev–Trinajstić information content (AvgIpc) is 2.95. The molecule has 0 bridgehead atoms. The number of phenols is 1. The predicted molar refractivity (Wildman–Crippen MR) is 159 cm³/mol. The Labute approximate surface area is 238 Å². The first-order valence-electron chi connectivity index (χ1n) is 12.8. The molecular formula is C30H35N3O6S. The predicted octanol–water partition coefficient (Wildman–Crippen LogP) is 6.37. The molecule has 5 N–H and O–H groups in total. The maximum absolute atomic E-state index is 12.9. The van der Waals surface area contributed by atoms with Crippen molar-refractivity contribution in [3.63, 3.8) is 0 Å². The van der Waals surface area contributed by atoms with E-state index < -0.39 is 18.3 Å². The Kier molecular flexibility index (Phi) is 11.7. The highest BCUT2D eigenvalue weighted by molar-refractivity contribution is 7.98. The van der Waals surface area contributed by atoms with Crippen LogP contribution >= 0.6 is 11.8 Å². The summed E-state index contributed by atoms with van der Waals surface area (Å²) in [7, 11) is 1.45. The molecule has 0 aliphatic heterocycles. The zero-order chi connectivity index (χ0) is 28.9. The molecule has 2 amide bonds. The maximum atomic E-state index is 12.9. The number of carbonyl (C=O) groups is 2. The van der Waals surface area contributed by atoms with Gasteiger partial charge in [0.2, 0.25) is 5.91 Å². The number of thioether (sulfide) groups is 1. The van der Waals surface area contributed by atoms with Gasteiger partial charge in [0.25, 0.3) is 0 Å². The van der Waals surface area contributed by atoms with Crippen LogP contribution in [-0.4, -0.2) is 43.2 Å². The number of allylic oxidation sites excluding steroid dienone is 1. The summed E-state index contributed by atoms with van der Waals surface area (Å²) in [4.78, 5) is 26.3. The van der Waals surface area contributed by atoms with Crippen LogP contribution in [0.4, 0.5) is 21.9 Å². The molecule has 2 atom stereocenters. The Morgan fingerprint density at radius 1 is 1.07 bits per heavy atom. The van der Waals surface area contributed by atoms with Crippen molar-refractivity contribution in [2.24, 2.45) is 0 Å². The summed E-state index contributed by atoms with van der Waals surface area (Å²) < 4.78 is 17.0. The lowest BCUT2D eigenvalue weighted by molar-refractivity contribution is -0.111. The van der Waals surface area contributed by atoms with E-state index >= 15 is 0 Å². The summed E-state index contributed by atoms with van der Waals surface area (Å²) in [6, 6.07) is 19.2. The van der Waals surface area contributed by atoms with E-state index in [1.54, 1.807) is 66.4 Å². The van der Waals surface area contributed by atoms with Gasteiger partial charge in [-0.15, -0.1) is 11.8 Å². The van der Waals surface area contributed by atoms with Crippen LogP contribution in [0.1, 0.15) is 31.4 Å². The minimum atomic E-state index is -0.853. The smallest absolute Gasteiger partial charge is 0.412 e. The largest absolute Gasteiger partial charge is 0.504 e. The monoisotopic (exact) mass is 565 g/mol. The average molecular weight is 566 g/mol. The second kappa shape index (κ2) is 15.4. The number of hydrogen-bond donors (Lipinski definition) is 4. The van der Waals surface area contributed by atoms with Crippen LogP contribution in [0.3, 0.4) is 0 Å².